The van der Waals surface area contributed by atoms with Gasteiger partial charge >= 0.3 is 6.03 Å². The number of nitrogens with one attached hydrogen (secondary N) is 2. The molecule has 1 atom stereocenters. The molecular formula is C19H24Cl2N4O4. The van der Waals surface area contributed by atoms with Crippen molar-refractivity contribution in [1.82, 2.24) is 15.2 Å². The molecule has 4 rings (SSSR count). The van der Waals surface area contributed by atoms with Gasteiger partial charge in [0.1, 0.15) is 25.6 Å². The van der Waals surface area contributed by atoms with Crippen molar-refractivity contribution in [3.05, 3.63) is 42.7 Å². The van der Waals surface area contributed by atoms with Crippen molar-refractivity contribution in [3.63, 3.8) is 0 Å². The molecule has 8 nitrogen and oxygen atoms in total. The minimum atomic E-state index is -0.159. The van der Waals surface area contributed by atoms with E-state index in [1.165, 1.54) is 0 Å². The van der Waals surface area contributed by atoms with Gasteiger partial charge in [-0.15, -0.1) is 24.8 Å². The summed E-state index contributed by atoms with van der Waals surface area (Å²) in [4.78, 5) is 18.6. The Morgan fingerprint density at radius 2 is 2.07 bits per heavy atom. The number of urea groups is 1. The smallest absolute Gasteiger partial charge is 0.322 e. The van der Waals surface area contributed by atoms with Gasteiger partial charge in [-0.05, 0) is 24.3 Å². The minimum absolute atomic E-state index is 0. The number of rotatable bonds is 4. The Kier molecular flexibility index (Phi) is 8.63. The number of hydrogen-bond donors (Lipinski definition) is 2. The van der Waals surface area contributed by atoms with Gasteiger partial charge in [-0.25, -0.2) is 4.79 Å². The van der Waals surface area contributed by atoms with E-state index in [1.807, 2.05) is 24.3 Å². The fourth-order valence-electron chi connectivity index (χ4n) is 3.12. The Morgan fingerprint density at radius 1 is 1.24 bits per heavy atom. The third-order valence-corrected chi connectivity index (χ3v) is 4.48. The number of aromatic nitrogens is 1. The Labute approximate surface area is 181 Å². The molecule has 2 aliphatic heterocycles. The van der Waals surface area contributed by atoms with Crippen molar-refractivity contribution in [1.29, 1.82) is 0 Å². The molecule has 1 fully saturated rings. The summed E-state index contributed by atoms with van der Waals surface area (Å²) in [6, 6.07) is 8.85. The number of ether oxygens (including phenoxy) is 3. The molecular weight excluding hydrogens is 419 g/mol. The number of halogens is 2. The van der Waals surface area contributed by atoms with E-state index >= 15 is 0 Å². The van der Waals surface area contributed by atoms with Gasteiger partial charge in [-0.2, -0.15) is 0 Å². The van der Waals surface area contributed by atoms with Crippen LogP contribution in [-0.2, 0) is 0 Å². The van der Waals surface area contributed by atoms with Gasteiger partial charge in [0.05, 0.1) is 12.2 Å². The fourth-order valence-corrected chi connectivity index (χ4v) is 3.12. The van der Waals surface area contributed by atoms with E-state index in [9.17, 15) is 4.79 Å². The lowest BCUT2D eigenvalue weighted by atomic mass is 10.2. The summed E-state index contributed by atoms with van der Waals surface area (Å²) < 4.78 is 16.9. The Hall–Kier alpha value is -2.42. The molecule has 0 radical (unpaired) electrons. The number of hydrogen-bond acceptors (Lipinski definition) is 6. The number of carbonyl (C=O) groups is 1. The average molecular weight is 443 g/mol. The van der Waals surface area contributed by atoms with E-state index in [0.29, 0.717) is 55.8 Å². The molecule has 158 valence electrons. The highest BCUT2D eigenvalue weighted by Crippen LogP contribution is 2.32. The van der Waals surface area contributed by atoms with E-state index in [4.69, 9.17) is 14.2 Å². The second-order valence-corrected chi connectivity index (χ2v) is 6.34. The second kappa shape index (κ2) is 10.9. The summed E-state index contributed by atoms with van der Waals surface area (Å²) in [5.41, 5.74) is 0.676. The number of nitrogens with zero attached hydrogens (tertiary/aromatic N) is 2. The predicted octanol–water partition coefficient (Wildman–Crippen LogP) is 2.58. The summed E-state index contributed by atoms with van der Waals surface area (Å²) in [6.45, 7) is 3.48. The molecule has 1 saturated heterocycles. The Bertz CT molecular complexity index is 797. The molecule has 1 aromatic heterocycles. The molecule has 0 aliphatic carbocycles. The van der Waals surface area contributed by atoms with Crippen LogP contribution in [0.4, 0.5) is 10.5 Å². The zero-order valence-corrected chi connectivity index (χ0v) is 17.3. The van der Waals surface area contributed by atoms with Crippen LogP contribution in [0.25, 0.3) is 0 Å². The van der Waals surface area contributed by atoms with Crippen LogP contribution in [0.1, 0.15) is 0 Å². The first kappa shape index (κ1) is 22.9. The molecule has 1 unspecified atom stereocenters. The summed E-state index contributed by atoms with van der Waals surface area (Å²) >= 11 is 0. The van der Waals surface area contributed by atoms with Crippen LogP contribution in [-0.4, -0.2) is 61.4 Å². The number of piperazine rings is 1. The van der Waals surface area contributed by atoms with Gasteiger partial charge in [-0.3, -0.25) is 4.98 Å². The highest BCUT2D eigenvalue weighted by Gasteiger charge is 2.27. The summed E-state index contributed by atoms with van der Waals surface area (Å²) in [5.74, 6) is 2.04. The maximum Gasteiger partial charge on any atom is 0.322 e. The summed E-state index contributed by atoms with van der Waals surface area (Å²) in [5, 5.41) is 6.25. The molecule has 2 amide bonds. The number of carbonyl (C=O) groups excluding carboxylic acids is 1. The highest BCUT2D eigenvalue weighted by atomic mass is 35.5. The van der Waals surface area contributed by atoms with Crippen LogP contribution in [0.15, 0.2) is 42.7 Å². The first-order valence-corrected chi connectivity index (χ1v) is 9.00. The largest absolute Gasteiger partial charge is 0.490 e. The first-order chi connectivity index (χ1) is 13.3. The molecule has 1 aromatic carbocycles. The average Bonchev–Trinajstić information content (AvgIpc) is 2.73. The van der Waals surface area contributed by atoms with E-state index in [2.05, 4.69) is 15.6 Å². The lowest BCUT2D eigenvalue weighted by Crippen LogP contribution is -2.57. The van der Waals surface area contributed by atoms with Crippen molar-refractivity contribution >= 4 is 36.5 Å². The van der Waals surface area contributed by atoms with Crippen molar-refractivity contribution in [2.24, 2.45) is 0 Å². The molecule has 29 heavy (non-hydrogen) atoms. The summed E-state index contributed by atoms with van der Waals surface area (Å²) in [6.07, 6.45) is 3.36. The van der Waals surface area contributed by atoms with Gasteiger partial charge < -0.3 is 29.7 Å². The van der Waals surface area contributed by atoms with Crippen LogP contribution in [0.2, 0.25) is 0 Å². The monoisotopic (exact) mass is 442 g/mol. The molecule has 10 heteroatoms. The quantitative estimate of drug-likeness (QED) is 0.756. The Morgan fingerprint density at radius 3 is 2.86 bits per heavy atom. The normalized spacial score (nSPS) is 17.4. The maximum absolute atomic E-state index is 12.8. The van der Waals surface area contributed by atoms with E-state index < -0.39 is 0 Å². The maximum atomic E-state index is 12.8. The number of amides is 2. The number of anilines is 1. The molecule has 2 N–H and O–H groups in total. The number of fused-ring (bicyclic) bond motifs is 1. The zero-order valence-electron chi connectivity index (χ0n) is 15.7. The Balaban J connectivity index is 0.00000150. The summed E-state index contributed by atoms with van der Waals surface area (Å²) in [7, 11) is 0. The van der Waals surface area contributed by atoms with Crippen LogP contribution in [0.3, 0.4) is 0 Å². The lowest BCUT2D eigenvalue weighted by Gasteiger charge is -2.36. The topological polar surface area (TPSA) is 85.0 Å². The zero-order chi connectivity index (χ0) is 18.5. The van der Waals surface area contributed by atoms with E-state index in [1.54, 1.807) is 23.4 Å². The number of pyridine rings is 1. The molecule has 0 spiro atoms. The molecule has 2 aliphatic rings. The fraction of sp³-hybridized carbons (Fsp3) is 0.368. The van der Waals surface area contributed by atoms with Crippen LogP contribution >= 0.6 is 24.8 Å². The van der Waals surface area contributed by atoms with Crippen molar-refractivity contribution in [2.75, 3.05) is 44.8 Å². The highest BCUT2D eigenvalue weighted by molar-refractivity contribution is 5.90. The van der Waals surface area contributed by atoms with E-state index in [0.717, 1.165) is 6.54 Å². The van der Waals surface area contributed by atoms with Gasteiger partial charge in [0.15, 0.2) is 11.5 Å². The van der Waals surface area contributed by atoms with Crippen LogP contribution in [0.5, 0.6) is 17.2 Å². The molecule has 3 heterocycles. The predicted molar refractivity (Wildman–Crippen MR) is 114 cm³/mol. The lowest BCUT2D eigenvalue weighted by molar-refractivity contribution is 0.133. The van der Waals surface area contributed by atoms with Crippen LogP contribution in [0, 0.1) is 0 Å². The van der Waals surface area contributed by atoms with Crippen molar-refractivity contribution < 1.29 is 19.0 Å². The molecule has 0 saturated carbocycles. The number of benzene rings is 1. The van der Waals surface area contributed by atoms with Gasteiger partial charge in [-0.1, -0.05) is 0 Å². The molecule has 0 bridgehead atoms. The van der Waals surface area contributed by atoms with Gasteiger partial charge in [0.25, 0.3) is 0 Å². The third-order valence-electron chi connectivity index (χ3n) is 4.48. The second-order valence-electron chi connectivity index (χ2n) is 6.34. The minimum Gasteiger partial charge on any atom is -0.490 e. The third kappa shape index (κ3) is 5.79. The van der Waals surface area contributed by atoms with Crippen molar-refractivity contribution in [3.8, 4) is 17.2 Å². The van der Waals surface area contributed by atoms with Crippen molar-refractivity contribution in [2.45, 2.75) is 6.04 Å². The van der Waals surface area contributed by atoms with Crippen LogP contribution < -0.4 is 24.8 Å². The standard InChI is InChI=1S/C19H22N4O4.2ClH/c24-19(22-14-3-4-17-18(10-14)26-9-8-25-17)23-7-6-21-11-15(23)13-27-16-2-1-5-20-12-16;;/h1-5,10,12,15,21H,6-9,11,13H2,(H,22,24);2*1H. The van der Waals surface area contributed by atoms with E-state index in [-0.39, 0.29) is 36.9 Å². The first-order valence-electron chi connectivity index (χ1n) is 9.00. The van der Waals surface area contributed by atoms with Gasteiger partial charge in [0, 0.05) is 37.6 Å². The SMILES string of the molecule is Cl.Cl.O=C(Nc1ccc2c(c1)OCCO2)N1CCNCC1COc1cccnc1. The van der Waals surface area contributed by atoms with Gasteiger partial charge in [0.2, 0.25) is 0 Å². The molecule has 2 aromatic rings.